The molecule has 82 valence electrons. The molecule has 0 saturated carbocycles. The Hall–Kier alpha value is -1.94. The van der Waals surface area contributed by atoms with Crippen molar-refractivity contribution in [3.05, 3.63) is 42.0 Å². The van der Waals surface area contributed by atoms with Crippen molar-refractivity contribution >= 4 is 0 Å². The van der Waals surface area contributed by atoms with Gasteiger partial charge in [-0.1, -0.05) is 24.3 Å². The lowest BCUT2D eigenvalue weighted by atomic mass is 10.1. The molecule has 0 aliphatic carbocycles. The minimum Gasteiger partial charge on any atom is -0.480 e. The average Bonchev–Trinajstić information content (AvgIpc) is 2.39. The highest BCUT2D eigenvalue weighted by Gasteiger charge is 2.00. The number of nitrogens with two attached hydrogens (primary N) is 1. The Morgan fingerprint density at radius 3 is 2.31 bits per heavy atom. The van der Waals surface area contributed by atoms with E-state index in [1.807, 2.05) is 30.3 Å². The van der Waals surface area contributed by atoms with Crippen LogP contribution in [0.5, 0.6) is 5.88 Å². The van der Waals surface area contributed by atoms with Crippen molar-refractivity contribution in [1.29, 1.82) is 0 Å². The summed E-state index contributed by atoms with van der Waals surface area (Å²) in [5.74, 6) is 0.516. The molecule has 1 heterocycles. The molecular formula is C12H13N3O. The number of rotatable bonds is 3. The van der Waals surface area contributed by atoms with Gasteiger partial charge in [-0.05, 0) is 11.6 Å². The van der Waals surface area contributed by atoms with Gasteiger partial charge in [0.05, 0.1) is 12.8 Å². The van der Waals surface area contributed by atoms with Crippen LogP contribution in [0.1, 0.15) is 5.56 Å². The lowest BCUT2D eigenvalue weighted by molar-refractivity contribution is 0.392. The van der Waals surface area contributed by atoms with Crippen LogP contribution < -0.4 is 10.5 Å². The van der Waals surface area contributed by atoms with Gasteiger partial charge < -0.3 is 10.5 Å². The normalized spacial score (nSPS) is 10.1. The summed E-state index contributed by atoms with van der Waals surface area (Å²) in [6.07, 6.45) is 0. The molecule has 0 unspecified atom stereocenters. The summed E-state index contributed by atoms with van der Waals surface area (Å²) in [5.41, 5.74) is 8.48. The molecule has 0 amide bonds. The van der Waals surface area contributed by atoms with Crippen molar-refractivity contribution in [1.82, 2.24) is 10.2 Å². The maximum absolute atomic E-state index is 5.53. The molecule has 0 spiro atoms. The van der Waals surface area contributed by atoms with Crippen molar-refractivity contribution in [2.24, 2.45) is 5.73 Å². The van der Waals surface area contributed by atoms with Crippen LogP contribution in [0, 0.1) is 0 Å². The number of nitrogens with zero attached hydrogens (tertiary/aromatic N) is 2. The molecular weight excluding hydrogens is 202 g/mol. The number of methoxy groups -OCH3 is 1. The third-order valence-electron chi connectivity index (χ3n) is 2.33. The second kappa shape index (κ2) is 4.72. The van der Waals surface area contributed by atoms with Crippen LogP contribution in [0.15, 0.2) is 36.4 Å². The second-order valence-corrected chi connectivity index (χ2v) is 3.36. The van der Waals surface area contributed by atoms with E-state index < -0.39 is 0 Å². The Morgan fingerprint density at radius 2 is 1.81 bits per heavy atom. The molecule has 2 rings (SSSR count). The van der Waals surface area contributed by atoms with Crippen LogP contribution >= 0.6 is 0 Å². The summed E-state index contributed by atoms with van der Waals surface area (Å²) in [7, 11) is 1.57. The van der Waals surface area contributed by atoms with Gasteiger partial charge in [-0.25, -0.2) is 0 Å². The number of hydrogen-bond donors (Lipinski definition) is 1. The number of benzene rings is 1. The summed E-state index contributed by atoms with van der Waals surface area (Å²) < 4.78 is 4.95. The standard InChI is InChI=1S/C12H13N3O/c1-16-12-7-6-11(14-15-12)10-4-2-9(8-13)3-5-10/h2-7H,8,13H2,1H3. The van der Waals surface area contributed by atoms with E-state index in [0.29, 0.717) is 12.4 Å². The van der Waals surface area contributed by atoms with Gasteiger partial charge in [-0.2, -0.15) is 0 Å². The highest BCUT2D eigenvalue weighted by atomic mass is 16.5. The molecule has 1 aromatic carbocycles. The fourth-order valence-electron chi connectivity index (χ4n) is 1.39. The van der Waals surface area contributed by atoms with E-state index in [-0.39, 0.29) is 0 Å². The molecule has 0 fully saturated rings. The second-order valence-electron chi connectivity index (χ2n) is 3.36. The predicted molar refractivity (Wildman–Crippen MR) is 61.9 cm³/mol. The first kappa shape index (κ1) is 10.6. The highest BCUT2D eigenvalue weighted by Crippen LogP contribution is 2.18. The van der Waals surface area contributed by atoms with Crippen molar-refractivity contribution in [2.45, 2.75) is 6.54 Å². The molecule has 2 aromatic rings. The van der Waals surface area contributed by atoms with Gasteiger partial charge in [0.1, 0.15) is 0 Å². The highest BCUT2D eigenvalue weighted by molar-refractivity contribution is 5.58. The van der Waals surface area contributed by atoms with E-state index >= 15 is 0 Å². The molecule has 16 heavy (non-hydrogen) atoms. The van der Waals surface area contributed by atoms with Crippen LogP contribution in [0.2, 0.25) is 0 Å². The SMILES string of the molecule is COc1ccc(-c2ccc(CN)cc2)nn1. The maximum Gasteiger partial charge on any atom is 0.233 e. The van der Waals surface area contributed by atoms with Gasteiger partial charge in [-0.3, -0.25) is 0 Å². The van der Waals surface area contributed by atoms with Gasteiger partial charge in [0, 0.05) is 18.2 Å². The predicted octanol–water partition coefficient (Wildman–Crippen LogP) is 1.61. The molecule has 4 heteroatoms. The van der Waals surface area contributed by atoms with E-state index in [0.717, 1.165) is 16.8 Å². The van der Waals surface area contributed by atoms with Gasteiger partial charge >= 0.3 is 0 Å². The molecule has 0 aliphatic rings. The summed E-state index contributed by atoms with van der Waals surface area (Å²) >= 11 is 0. The van der Waals surface area contributed by atoms with E-state index in [1.165, 1.54) is 0 Å². The summed E-state index contributed by atoms with van der Waals surface area (Å²) in [5, 5.41) is 7.99. The van der Waals surface area contributed by atoms with Crippen LogP contribution in [-0.2, 0) is 6.54 Å². The van der Waals surface area contributed by atoms with E-state index in [1.54, 1.807) is 13.2 Å². The first-order valence-electron chi connectivity index (χ1n) is 5.00. The van der Waals surface area contributed by atoms with Gasteiger partial charge in [0.25, 0.3) is 0 Å². The van der Waals surface area contributed by atoms with Gasteiger partial charge in [0.2, 0.25) is 5.88 Å². The summed E-state index contributed by atoms with van der Waals surface area (Å²) in [6, 6.07) is 11.6. The maximum atomic E-state index is 5.53. The third kappa shape index (κ3) is 2.17. The van der Waals surface area contributed by atoms with Crippen molar-refractivity contribution < 1.29 is 4.74 Å². The minimum atomic E-state index is 0.516. The van der Waals surface area contributed by atoms with Crippen LogP contribution in [-0.4, -0.2) is 17.3 Å². The molecule has 0 saturated heterocycles. The minimum absolute atomic E-state index is 0.516. The van der Waals surface area contributed by atoms with Gasteiger partial charge in [-0.15, -0.1) is 10.2 Å². The monoisotopic (exact) mass is 215 g/mol. The fourth-order valence-corrected chi connectivity index (χ4v) is 1.39. The topological polar surface area (TPSA) is 61.0 Å². The first-order valence-corrected chi connectivity index (χ1v) is 5.00. The zero-order valence-corrected chi connectivity index (χ0v) is 9.05. The fraction of sp³-hybridized carbons (Fsp3) is 0.167. The number of ether oxygens (including phenoxy) is 1. The van der Waals surface area contributed by atoms with E-state index in [2.05, 4.69) is 10.2 Å². The molecule has 1 aromatic heterocycles. The Morgan fingerprint density at radius 1 is 1.06 bits per heavy atom. The molecule has 0 atom stereocenters. The van der Waals surface area contributed by atoms with E-state index in [4.69, 9.17) is 10.5 Å². The largest absolute Gasteiger partial charge is 0.480 e. The smallest absolute Gasteiger partial charge is 0.233 e. The number of aromatic nitrogens is 2. The molecule has 0 aliphatic heterocycles. The Kier molecular flexibility index (Phi) is 3.12. The van der Waals surface area contributed by atoms with Crippen molar-refractivity contribution in [3.63, 3.8) is 0 Å². The zero-order chi connectivity index (χ0) is 11.4. The van der Waals surface area contributed by atoms with Crippen LogP contribution in [0.4, 0.5) is 0 Å². The molecule has 0 bridgehead atoms. The Labute approximate surface area is 94.1 Å². The zero-order valence-electron chi connectivity index (χ0n) is 9.05. The van der Waals surface area contributed by atoms with Crippen molar-refractivity contribution in [3.8, 4) is 17.1 Å². The molecule has 4 nitrogen and oxygen atoms in total. The average molecular weight is 215 g/mol. The van der Waals surface area contributed by atoms with Crippen molar-refractivity contribution in [2.75, 3.05) is 7.11 Å². The third-order valence-corrected chi connectivity index (χ3v) is 2.33. The van der Waals surface area contributed by atoms with Crippen LogP contribution in [0.3, 0.4) is 0 Å². The Balaban J connectivity index is 2.28. The van der Waals surface area contributed by atoms with Gasteiger partial charge in [0.15, 0.2) is 0 Å². The Bertz CT molecular complexity index is 405. The summed E-state index contributed by atoms with van der Waals surface area (Å²) in [4.78, 5) is 0. The molecule has 0 radical (unpaired) electrons. The number of hydrogen-bond acceptors (Lipinski definition) is 4. The molecule has 2 N–H and O–H groups in total. The quantitative estimate of drug-likeness (QED) is 0.845. The van der Waals surface area contributed by atoms with E-state index in [9.17, 15) is 0 Å². The summed E-state index contributed by atoms with van der Waals surface area (Å²) in [6.45, 7) is 0.550. The van der Waals surface area contributed by atoms with Crippen LogP contribution in [0.25, 0.3) is 11.3 Å². The lowest BCUT2D eigenvalue weighted by Gasteiger charge is -2.02. The first-order chi connectivity index (χ1) is 7.83. The lowest BCUT2D eigenvalue weighted by Crippen LogP contribution is -1.96.